The van der Waals surface area contributed by atoms with Gasteiger partial charge < -0.3 is 5.11 Å². The Balaban J connectivity index is 3.21. The van der Waals surface area contributed by atoms with E-state index >= 15 is 0 Å². The molecule has 0 aromatic heterocycles. The van der Waals surface area contributed by atoms with Crippen LogP contribution in [0.3, 0.4) is 0 Å². The first kappa shape index (κ1) is 11.9. The van der Waals surface area contributed by atoms with E-state index in [1.807, 2.05) is 26.8 Å². The van der Waals surface area contributed by atoms with E-state index in [1.165, 1.54) is 0 Å². The molecule has 1 N–H and O–H groups in total. The maximum absolute atomic E-state index is 10.7. The Morgan fingerprint density at radius 2 is 1.80 bits per heavy atom. The first-order valence-corrected chi connectivity index (χ1v) is 5.07. The highest BCUT2D eigenvalue weighted by Crippen LogP contribution is 2.38. The fourth-order valence-electron chi connectivity index (χ4n) is 1.35. The molecule has 0 saturated carbocycles. The van der Waals surface area contributed by atoms with Crippen LogP contribution in [0.1, 0.15) is 43.6 Å². The van der Waals surface area contributed by atoms with Crippen molar-refractivity contribution in [2.24, 2.45) is 5.41 Å². The van der Waals surface area contributed by atoms with Gasteiger partial charge in [0.2, 0.25) is 0 Å². The van der Waals surface area contributed by atoms with Crippen LogP contribution in [-0.4, -0.2) is 11.4 Å². The van der Waals surface area contributed by atoms with Gasteiger partial charge in [-0.15, -0.1) is 0 Å². The maximum atomic E-state index is 10.7. The van der Waals surface area contributed by atoms with E-state index in [0.717, 1.165) is 11.8 Å². The summed E-state index contributed by atoms with van der Waals surface area (Å²) in [5.74, 6) is 0. The molecule has 2 heteroatoms. The van der Waals surface area contributed by atoms with Crippen LogP contribution in [0.4, 0.5) is 0 Å². The van der Waals surface area contributed by atoms with Crippen LogP contribution in [-0.2, 0) is 5.60 Å². The molecule has 2 nitrogen and oxygen atoms in total. The minimum Gasteiger partial charge on any atom is -0.385 e. The van der Waals surface area contributed by atoms with Gasteiger partial charge in [0.25, 0.3) is 0 Å². The first-order chi connectivity index (χ1) is 6.79. The lowest BCUT2D eigenvalue weighted by atomic mass is 9.73. The van der Waals surface area contributed by atoms with Gasteiger partial charge in [0.15, 0.2) is 0 Å². The Labute approximate surface area is 90.9 Å². The average Bonchev–Trinajstić information content (AvgIpc) is 2.16. The lowest BCUT2D eigenvalue weighted by molar-refractivity contribution is -0.0470. The summed E-state index contributed by atoms with van der Waals surface area (Å²) in [7, 11) is 0. The molecule has 0 aliphatic heterocycles. The summed E-state index contributed by atoms with van der Waals surface area (Å²) in [6.07, 6.45) is 0.794. The Morgan fingerprint density at radius 1 is 1.20 bits per heavy atom. The van der Waals surface area contributed by atoms with Crippen molar-refractivity contribution in [3.8, 4) is 0 Å². The Morgan fingerprint density at radius 3 is 2.27 bits per heavy atom. The molecular formula is C13H18O2. The molecule has 0 heterocycles. The molecule has 0 bridgehead atoms. The molecule has 0 amide bonds. The molecule has 15 heavy (non-hydrogen) atoms. The lowest BCUT2D eigenvalue weighted by Gasteiger charge is -2.37. The summed E-state index contributed by atoms with van der Waals surface area (Å²) in [5, 5.41) is 10.4. The fraction of sp³-hybridized carbons (Fsp3) is 0.462. The molecule has 0 aliphatic carbocycles. The molecule has 82 valence electrons. The van der Waals surface area contributed by atoms with Crippen molar-refractivity contribution in [1.82, 2.24) is 0 Å². The summed E-state index contributed by atoms with van der Waals surface area (Å²) in [6.45, 7) is 7.69. The third kappa shape index (κ3) is 2.26. The topological polar surface area (TPSA) is 37.3 Å². The van der Waals surface area contributed by atoms with Crippen molar-refractivity contribution in [2.75, 3.05) is 0 Å². The quantitative estimate of drug-likeness (QED) is 0.755. The highest BCUT2D eigenvalue weighted by atomic mass is 16.3. The first-order valence-electron chi connectivity index (χ1n) is 5.07. The molecule has 0 saturated heterocycles. The second-order valence-electron chi connectivity index (χ2n) is 5.07. The highest BCUT2D eigenvalue weighted by molar-refractivity contribution is 5.75. The number of benzene rings is 1. The van der Waals surface area contributed by atoms with Crippen LogP contribution in [0.5, 0.6) is 0 Å². The minimum atomic E-state index is -0.938. The van der Waals surface area contributed by atoms with Crippen molar-refractivity contribution in [3.05, 3.63) is 35.4 Å². The lowest BCUT2D eigenvalue weighted by Crippen LogP contribution is -2.36. The Hall–Kier alpha value is -1.15. The van der Waals surface area contributed by atoms with Crippen molar-refractivity contribution in [3.63, 3.8) is 0 Å². The van der Waals surface area contributed by atoms with Crippen molar-refractivity contribution < 1.29 is 9.90 Å². The summed E-state index contributed by atoms with van der Waals surface area (Å²) >= 11 is 0. The smallest absolute Gasteiger partial charge is 0.150 e. The van der Waals surface area contributed by atoms with Crippen LogP contribution in [0.2, 0.25) is 0 Å². The number of carbonyl (C=O) groups is 1. The van der Waals surface area contributed by atoms with E-state index in [9.17, 15) is 9.90 Å². The minimum absolute atomic E-state index is 0.269. The summed E-state index contributed by atoms with van der Waals surface area (Å²) in [5.41, 5.74) is 0.164. The van der Waals surface area contributed by atoms with Crippen molar-refractivity contribution in [2.45, 2.75) is 33.3 Å². The highest BCUT2D eigenvalue weighted by Gasteiger charge is 2.36. The van der Waals surface area contributed by atoms with Crippen LogP contribution in [0.25, 0.3) is 0 Å². The zero-order chi connectivity index (χ0) is 11.7. The number of aldehydes is 1. The van der Waals surface area contributed by atoms with Gasteiger partial charge in [-0.1, -0.05) is 39.0 Å². The second kappa shape index (κ2) is 3.78. The molecule has 0 spiro atoms. The summed E-state index contributed by atoms with van der Waals surface area (Å²) < 4.78 is 0. The van der Waals surface area contributed by atoms with Gasteiger partial charge in [-0.25, -0.2) is 0 Å². The number of hydrogen-bond acceptors (Lipinski definition) is 2. The number of rotatable bonds is 2. The normalized spacial score (nSPS) is 15.8. The molecule has 0 fully saturated rings. The van der Waals surface area contributed by atoms with E-state index in [0.29, 0.717) is 5.56 Å². The third-order valence-corrected chi connectivity index (χ3v) is 3.05. The summed E-state index contributed by atoms with van der Waals surface area (Å²) in [4.78, 5) is 10.7. The predicted molar refractivity (Wildman–Crippen MR) is 60.9 cm³/mol. The summed E-state index contributed by atoms with van der Waals surface area (Å²) in [6, 6.07) is 7.10. The molecule has 1 aromatic carbocycles. The standard InChI is InChI=1S/C13H18O2/c1-12(2,3)13(4,15)11-7-5-6-10(8-11)9-14/h5-9,15H,1-4H3. The molecular weight excluding hydrogens is 188 g/mol. The number of carbonyl (C=O) groups excluding carboxylic acids is 1. The van der Waals surface area contributed by atoms with Gasteiger partial charge >= 0.3 is 0 Å². The Bertz CT molecular complexity index is 359. The van der Waals surface area contributed by atoms with Crippen molar-refractivity contribution >= 4 is 6.29 Å². The zero-order valence-electron chi connectivity index (χ0n) is 9.74. The van der Waals surface area contributed by atoms with Gasteiger partial charge in [0, 0.05) is 5.56 Å². The van der Waals surface area contributed by atoms with E-state index in [-0.39, 0.29) is 5.41 Å². The monoisotopic (exact) mass is 206 g/mol. The van der Waals surface area contributed by atoms with Crippen LogP contribution >= 0.6 is 0 Å². The van der Waals surface area contributed by atoms with Gasteiger partial charge in [-0.2, -0.15) is 0 Å². The van der Waals surface area contributed by atoms with Gasteiger partial charge in [0.1, 0.15) is 6.29 Å². The maximum Gasteiger partial charge on any atom is 0.150 e. The Kier molecular flexibility index (Phi) is 3.00. The second-order valence-corrected chi connectivity index (χ2v) is 5.07. The van der Waals surface area contributed by atoms with E-state index in [1.54, 1.807) is 25.1 Å². The third-order valence-electron chi connectivity index (χ3n) is 3.05. The van der Waals surface area contributed by atoms with Crippen LogP contribution in [0, 0.1) is 5.41 Å². The molecule has 0 aliphatic rings. The molecule has 1 rings (SSSR count). The van der Waals surface area contributed by atoms with Crippen LogP contribution in [0.15, 0.2) is 24.3 Å². The predicted octanol–water partition coefficient (Wildman–Crippen LogP) is 2.75. The van der Waals surface area contributed by atoms with Crippen LogP contribution < -0.4 is 0 Å². The molecule has 0 radical (unpaired) electrons. The molecule has 1 atom stereocenters. The largest absolute Gasteiger partial charge is 0.385 e. The molecule has 1 aromatic rings. The number of aliphatic hydroxyl groups is 1. The van der Waals surface area contributed by atoms with E-state index in [4.69, 9.17) is 0 Å². The van der Waals surface area contributed by atoms with Gasteiger partial charge in [0.05, 0.1) is 5.60 Å². The van der Waals surface area contributed by atoms with Gasteiger partial charge in [-0.3, -0.25) is 4.79 Å². The fourth-order valence-corrected chi connectivity index (χ4v) is 1.35. The molecule has 1 unspecified atom stereocenters. The average molecular weight is 206 g/mol. The van der Waals surface area contributed by atoms with E-state index < -0.39 is 5.60 Å². The SMILES string of the molecule is CC(C)(C)C(C)(O)c1cccc(C=O)c1. The number of hydrogen-bond donors (Lipinski definition) is 1. The van der Waals surface area contributed by atoms with Crippen molar-refractivity contribution in [1.29, 1.82) is 0 Å². The van der Waals surface area contributed by atoms with Gasteiger partial charge in [-0.05, 0) is 24.0 Å². The van der Waals surface area contributed by atoms with E-state index in [2.05, 4.69) is 0 Å². The zero-order valence-corrected chi connectivity index (χ0v) is 9.74.